The zero-order chi connectivity index (χ0) is 25.6. The second kappa shape index (κ2) is 15.6. The first-order valence-electron chi connectivity index (χ1n) is 14.0. The first kappa shape index (κ1) is 28.9. The van der Waals surface area contributed by atoms with Crippen LogP contribution in [0.3, 0.4) is 0 Å². The van der Waals surface area contributed by atoms with Crippen molar-refractivity contribution < 1.29 is 0 Å². The van der Waals surface area contributed by atoms with Gasteiger partial charge in [0.15, 0.2) is 0 Å². The molecule has 1 aliphatic carbocycles. The molecule has 1 aromatic carbocycles. The maximum atomic E-state index is 4.76. The highest BCUT2D eigenvalue weighted by atomic mass is 14.4. The minimum atomic E-state index is 0.426. The number of hydrogen-bond acceptors (Lipinski definition) is 0. The maximum Gasteiger partial charge on any atom is -0.0125 e. The molecule has 0 heterocycles. The molecular formula is C35H50. The number of benzene rings is 1. The van der Waals surface area contributed by atoms with Gasteiger partial charge in [0.25, 0.3) is 0 Å². The lowest BCUT2D eigenvalue weighted by Gasteiger charge is -2.43. The molecule has 0 radical (unpaired) electrons. The van der Waals surface area contributed by atoms with E-state index < -0.39 is 0 Å². The summed E-state index contributed by atoms with van der Waals surface area (Å²) in [6.45, 7) is 24.4. The zero-order valence-electron chi connectivity index (χ0n) is 22.9. The van der Waals surface area contributed by atoms with Crippen LogP contribution < -0.4 is 0 Å². The van der Waals surface area contributed by atoms with Gasteiger partial charge in [-0.15, -0.1) is 0 Å². The lowest BCUT2D eigenvalue weighted by molar-refractivity contribution is 0.146. The minimum absolute atomic E-state index is 0.426. The Morgan fingerprint density at radius 2 is 1.69 bits per heavy atom. The van der Waals surface area contributed by atoms with E-state index in [1.54, 1.807) is 0 Å². The van der Waals surface area contributed by atoms with E-state index >= 15 is 0 Å². The highest BCUT2D eigenvalue weighted by Crippen LogP contribution is 2.48. The summed E-state index contributed by atoms with van der Waals surface area (Å²) in [5.41, 5.74) is 6.46. The van der Waals surface area contributed by atoms with Crippen molar-refractivity contribution in [1.82, 2.24) is 0 Å². The molecule has 0 amide bonds. The van der Waals surface area contributed by atoms with Crippen LogP contribution in [0.25, 0.3) is 5.57 Å². The van der Waals surface area contributed by atoms with Crippen molar-refractivity contribution >= 4 is 5.57 Å². The molecule has 35 heavy (non-hydrogen) atoms. The molecular weight excluding hydrogens is 420 g/mol. The summed E-state index contributed by atoms with van der Waals surface area (Å²) in [7, 11) is 0. The molecule has 3 atom stereocenters. The molecule has 0 N–H and O–H groups in total. The topological polar surface area (TPSA) is 0 Å². The van der Waals surface area contributed by atoms with Crippen molar-refractivity contribution in [3.63, 3.8) is 0 Å². The van der Waals surface area contributed by atoms with Crippen LogP contribution in [0.2, 0.25) is 0 Å². The van der Waals surface area contributed by atoms with Gasteiger partial charge in [0.05, 0.1) is 0 Å². The largest absolute Gasteiger partial charge is 0.0999 e. The normalized spacial score (nSPS) is 17.6. The van der Waals surface area contributed by atoms with Crippen LogP contribution in [0.1, 0.15) is 90.5 Å². The van der Waals surface area contributed by atoms with Gasteiger partial charge in [0.1, 0.15) is 0 Å². The van der Waals surface area contributed by atoms with Crippen molar-refractivity contribution in [2.75, 3.05) is 0 Å². The molecule has 0 nitrogen and oxygen atoms in total. The van der Waals surface area contributed by atoms with Crippen molar-refractivity contribution in [3.8, 4) is 0 Å². The molecule has 1 saturated carbocycles. The van der Waals surface area contributed by atoms with Gasteiger partial charge in [-0.1, -0.05) is 132 Å². The van der Waals surface area contributed by atoms with Gasteiger partial charge in [0.2, 0.25) is 0 Å². The molecule has 0 aliphatic heterocycles. The van der Waals surface area contributed by atoms with Crippen LogP contribution in [-0.2, 0) is 0 Å². The Morgan fingerprint density at radius 1 is 1.00 bits per heavy atom. The van der Waals surface area contributed by atoms with E-state index in [2.05, 4.69) is 82.5 Å². The third-order valence-corrected chi connectivity index (χ3v) is 8.16. The lowest BCUT2D eigenvalue weighted by Crippen LogP contribution is -2.34. The van der Waals surface area contributed by atoms with E-state index in [0.717, 1.165) is 31.6 Å². The van der Waals surface area contributed by atoms with Crippen molar-refractivity contribution in [1.29, 1.82) is 0 Å². The van der Waals surface area contributed by atoms with Gasteiger partial charge in [-0.05, 0) is 85.0 Å². The van der Waals surface area contributed by atoms with Gasteiger partial charge in [0, 0.05) is 0 Å². The van der Waals surface area contributed by atoms with E-state index in [-0.39, 0.29) is 0 Å². The van der Waals surface area contributed by atoms with Gasteiger partial charge in [-0.25, -0.2) is 0 Å². The van der Waals surface area contributed by atoms with Crippen LogP contribution in [-0.4, -0.2) is 0 Å². The standard InChI is InChI=1S/C35H50/c1-8-19-30(20-9-2)29(7)34(26-18-21-27(5)10-3)35(32-24-16-13-17-25-32)33(11-4)28(6)31-22-14-12-15-23-31/h8-9,12,14-15,19-20,22-23,32-35H,1,5-7,10-11,13,16-18,21,24-26H2,2-4H3/b20-9-,30-19+. The van der Waals surface area contributed by atoms with Gasteiger partial charge < -0.3 is 0 Å². The maximum absolute atomic E-state index is 4.76. The fraction of sp³-hybridized carbons (Fsp3) is 0.486. The van der Waals surface area contributed by atoms with Crippen LogP contribution in [0.4, 0.5) is 0 Å². The first-order chi connectivity index (χ1) is 17.0. The zero-order valence-corrected chi connectivity index (χ0v) is 22.9. The van der Waals surface area contributed by atoms with Crippen LogP contribution >= 0.6 is 0 Å². The highest BCUT2D eigenvalue weighted by molar-refractivity contribution is 5.65. The van der Waals surface area contributed by atoms with E-state index in [4.69, 9.17) is 13.2 Å². The first-order valence-corrected chi connectivity index (χ1v) is 14.0. The molecule has 1 fully saturated rings. The van der Waals surface area contributed by atoms with Crippen molar-refractivity contribution in [3.05, 3.63) is 103 Å². The van der Waals surface area contributed by atoms with Gasteiger partial charge in [-0.2, -0.15) is 0 Å². The van der Waals surface area contributed by atoms with Crippen molar-refractivity contribution in [2.45, 2.75) is 85.0 Å². The fourth-order valence-electron chi connectivity index (χ4n) is 6.21. The van der Waals surface area contributed by atoms with Gasteiger partial charge in [-0.3, -0.25) is 0 Å². The summed E-state index contributed by atoms with van der Waals surface area (Å²) < 4.78 is 0. The highest BCUT2D eigenvalue weighted by Gasteiger charge is 2.38. The Bertz CT molecular complexity index is 872. The SMILES string of the molecule is C=C/C=C(\C=C/C)C(=C)C(CCCC(=C)CC)C(C1CCCCC1)C(CC)C(=C)c1ccccc1. The summed E-state index contributed by atoms with van der Waals surface area (Å²) in [6.07, 6.45) is 20.8. The van der Waals surface area contributed by atoms with E-state index in [0.29, 0.717) is 17.8 Å². The summed E-state index contributed by atoms with van der Waals surface area (Å²) in [6, 6.07) is 10.9. The third kappa shape index (κ3) is 8.38. The Hall–Kier alpha value is -2.34. The number of rotatable bonds is 15. The molecule has 190 valence electrons. The summed E-state index contributed by atoms with van der Waals surface area (Å²) in [4.78, 5) is 0. The second-order valence-electron chi connectivity index (χ2n) is 10.4. The van der Waals surface area contributed by atoms with E-state index in [1.165, 1.54) is 66.4 Å². The monoisotopic (exact) mass is 470 g/mol. The predicted molar refractivity (Wildman–Crippen MR) is 158 cm³/mol. The molecule has 3 unspecified atom stereocenters. The predicted octanol–water partition coefficient (Wildman–Crippen LogP) is 10.9. The number of allylic oxidation sites excluding steroid dienone is 8. The molecule has 0 saturated heterocycles. The molecule has 0 aromatic heterocycles. The molecule has 1 aliphatic rings. The Labute approximate surface area is 217 Å². The Morgan fingerprint density at radius 3 is 2.26 bits per heavy atom. The Balaban J connectivity index is 2.54. The molecule has 2 rings (SSSR count). The molecule has 0 bridgehead atoms. The second-order valence-corrected chi connectivity index (χ2v) is 10.4. The summed E-state index contributed by atoms with van der Waals surface area (Å²) >= 11 is 0. The average Bonchev–Trinajstić information content (AvgIpc) is 2.90. The van der Waals surface area contributed by atoms with Crippen molar-refractivity contribution in [2.24, 2.45) is 23.7 Å². The minimum Gasteiger partial charge on any atom is -0.0999 e. The Kier molecular flexibility index (Phi) is 12.9. The average molecular weight is 471 g/mol. The van der Waals surface area contributed by atoms with Gasteiger partial charge >= 0.3 is 0 Å². The molecule has 0 heteroatoms. The summed E-state index contributed by atoms with van der Waals surface area (Å²) in [5.74, 6) is 2.15. The fourth-order valence-corrected chi connectivity index (χ4v) is 6.21. The third-order valence-electron chi connectivity index (χ3n) is 8.16. The summed E-state index contributed by atoms with van der Waals surface area (Å²) in [5, 5.41) is 0. The number of hydrogen-bond donors (Lipinski definition) is 0. The van der Waals surface area contributed by atoms with Crippen LogP contribution in [0, 0.1) is 23.7 Å². The van der Waals surface area contributed by atoms with E-state index in [1.807, 2.05) is 6.08 Å². The molecule has 0 spiro atoms. The quantitative estimate of drug-likeness (QED) is 0.177. The van der Waals surface area contributed by atoms with Crippen LogP contribution in [0.5, 0.6) is 0 Å². The van der Waals surface area contributed by atoms with E-state index in [9.17, 15) is 0 Å². The van der Waals surface area contributed by atoms with Crippen LogP contribution in [0.15, 0.2) is 97.7 Å². The molecule has 1 aromatic rings. The smallest absolute Gasteiger partial charge is 0.0125 e. The lowest BCUT2D eigenvalue weighted by atomic mass is 9.62.